The summed E-state index contributed by atoms with van der Waals surface area (Å²) in [5.74, 6) is 0.274. The highest BCUT2D eigenvalue weighted by atomic mass is 16.6. The zero-order chi connectivity index (χ0) is 19.9. The highest BCUT2D eigenvalue weighted by molar-refractivity contribution is 5.96. The van der Waals surface area contributed by atoms with Crippen molar-refractivity contribution in [2.75, 3.05) is 24.7 Å². The van der Waals surface area contributed by atoms with Crippen LogP contribution in [0.3, 0.4) is 0 Å². The number of fused-ring (bicyclic) bond motifs is 1. The van der Waals surface area contributed by atoms with Crippen molar-refractivity contribution in [1.29, 1.82) is 0 Å². The number of carbonyl (C=O) groups excluding carboxylic acids is 2. The van der Waals surface area contributed by atoms with E-state index in [1.54, 1.807) is 4.90 Å². The third-order valence-corrected chi connectivity index (χ3v) is 5.18. The first kappa shape index (κ1) is 19.9. The van der Waals surface area contributed by atoms with Crippen LogP contribution in [-0.2, 0) is 20.7 Å². The van der Waals surface area contributed by atoms with Gasteiger partial charge < -0.3 is 14.4 Å². The molecule has 1 atom stereocenters. The molecule has 0 bridgehead atoms. The number of rotatable bonds is 7. The Balaban J connectivity index is 1.52. The molecule has 1 heterocycles. The monoisotopic (exact) mass is 381 g/mol. The van der Waals surface area contributed by atoms with E-state index in [2.05, 4.69) is 13.8 Å². The molecule has 1 aliphatic rings. The molecule has 28 heavy (non-hydrogen) atoms. The Morgan fingerprint density at radius 1 is 1.07 bits per heavy atom. The Kier molecular flexibility index (Phi) is 6.69. The minimum Gasteiger partial charge on any atom is -0.482 e. The van der Waals surface area contributed by atoms with Gasteiger partial charge in [0.05, 0.1) is 0 Å². The lowest BCUT2D eigenvalue weighted by molar-refractivity contribution is -0.149. The number of hydrogen-bond donors (Lipinski definition) is 0. The largest absolute Gasteiger partial charge is 0.482 e. The van der Waals surface area contributed by atoms with Crippen molar-refractivity contribution < 1.29 is 19.1 Å². The van der Waals surface area contributed by atoms with Gasteiger partial charge in [-0.25, -0.2) is 4.79 Å². The second kappa shape index (κ2) is 9.40. The first-order valence-corrected chi connectivity index (χ1v) is 9.85. The van der Waals surface area contributed by atoms with Crippen LogP contribution < -0.4 is 9.64 Å². The van der Waals surface area contributed by atoms with Gasteiger partial charge in [-0.2, -0.15) is 0 Å². The van der Waals surface area contributed by atoms with Gasteiger partial charge in [0.1, 0.15) is 5.75 Å². The van der Waals surface area contributed by atoms with Crippen molar-refractivity contribution in [3.63, 3.8) is 0 Å². The number of ether oxygens (including phenoxy) is 2. The summed E-state index contributed by atoms with van der Waals surface area (Å²) in [4.78, 5) is 26.3. The number of benzene rings is 2. The molecule has 0 saturated carbocycles. The van der Waals surface area contributed by atoms with E-state index < -0.39 is 5.97 Å². The van der Waals surface area contributed by atoms with Gasteiger partial charge in [-0.15, -0.1) is 0 Å². The Labute approximate surface area is 166 Å². The summed E-state index contributed by atoms with van der Waals surface area (Å²) in [5, 5.41) is 0. The molecule has 0 N–H and O–H groups in total. The predicted molar refractivity (Wildman–Crippen MR) is 109 cm³/mol. The van der Waals surface area contributed by atoms with Gasteiger partial charge in [0, 0.05) is 12.2 Å². The second-order valence-electron chi connectivity index (χ2n) is 7.07. The van der Waals surface area contributed by atoms with Crippen molar-refractivity contribution in [3.05, 3.63) is 59.7 Å². The lowest BCUT2D eigenvalue weighted by atomic mass is 9.98. The lowest BCUT2D eigenvalue weighted by Crippen LogP contribution is -2.38. The van der Waals surface area contributed by atoms with Gasteiger partial charge in [0.2, 0.25) is 0 Å². The van der Waals surface area contributed by atoms with Crippen LogP contribution in [-0.4, -0.2) is 31.6 Å². The van der Waals surface area contributed by atoms with Crippen LogP contribution in [0.4, 0.5) is 5.69 Å². The first-order valence-electron chi connectivity index (χ1n) is 9.85. The summed E-state index contributed by atoms with van der Waals surface area (Å²) in [6.45, 7) is 4.39. The van der Waals surface area contributed by atoms with Gasteiger partial charge in [0.25, 0.3) is 5.91 Å². The third-order valence-electron chi connectivity index (χ3n) is 5.18. The number of aryl methyl sites for hydroxylation is 1. The van der Waals surface area contributed by atoms with Crippen molar-refractivity contribution in [3.8, 4) is 5.75 Å². The summed E-state index contributed by atoms with van der Waals surface area (Å²) in [7, 11) is 0. The lowest BCUT2D eigenvalue weighted by Gasteiger charge is -2.29. The van der Waals surface area contributed by atoms with E-state index in [1.807, 2.05) is 48.5 Å². The van der Waals surface area contributed by atoms with Crippen LogP contribution in [0.5, 0.6) is 5.75 Å². The first-order chi connectivity index (χ1) is 13.6. The summed E-state index contributed by atoms with van der Waals surface area (Å²) < 4.78 is 10.8. The average molecular weight is 381 g/mol. The van der Waals surface area contributed by atoms with Crippen molar-refractivity contribution in [2.24, 2.45) is 0 Å². The molecule has 3 rings (SSSR count). The molecule has 0 saturated heterocycles. The molecule has 2 aromatic rings. The molecule has 2 aromatic carbocycles. The number of esters is 1. The normalized spacial score (nSPS) is 14.1. The molecule has 5 heteroatoms. The maximum absolute atomic E-state index is 12.5. The van der Waals surface area contributed by atoms with Gasteiger partial charge >= 0.3 is 5.97 Å². The topological polar surface area (TPSA) is 55.8 Å². The van der Waals surface area contributed by atoms with Crippen LogP contribution in [0.2, 0.25) is 0 Å². The number of anilines is 1. The van der Waals surface area contributed by atoms with E-state index in [0.29, 0.717) is 18.2 Å². The fourth-order valence-electron chi connectivity index (χ4n) is 3.43. The molecule has 0 fully saturated rings. The zero-order valence-corrected chi connectivity index (χ0v) is 16.5. The van der Waals surface area contributed by atoms with Crippen molar-refractivity contribution >= 4 is 17.6 Å². The molecule has 1 aliphatic heterocycles. The van der Waals surface area contributed by atoms with Gasteiger partial charge in [-0.3, -0.25) is 4.79 Å². The molecule has 5 nitrogen and oxygen atoms in total. The zero-order valence-electron chi connectivity index (χ0n) is 16.5. The summed E-state index contributed by atoms with van der Waals surface area (Å²) >= 11 is 0. The van der Waals surface area contributed by atoms with E-state index in [4.69, 9.17) is 9.47 Å². The SMILES string of the molecule is CCC(C)c1ccccc1OCC(=O)OCC(=O)N1CCCc2ccccc21. The Morgan fingerprint density at radius 3 is 2.64 bits per heavy atom. The maximum Gasteiger partial charge on any atom is 0.344 e. The third kappa shape index (κ3) is 4.71. The van der Waals surface area contributed by atoms with Gasteiger partial charge in [-0.05, 0) is 48.4 Å². The average Bonchev–Trinajstić information content (AvgIpc) is 2.75. The van der Waals surface area contributed by atoms with Crippen LogP contribution in [0.25, 0.3) is 0 Å². The highest BCUT2D eigenvalue weighted by Crippen LogP contribution is 2.28. The summed E-state index contributed by atoms with van der Waals surface area (Å²) in [6.07, 6.45) is 2.85. The van der Waals surface area contributed by atoms with Crippen molar-refractivity contribution in [1.82, 2.24) is 0 Å². The Hall–Kier alpha value is -2.82. The standard InChI is InChI=1S/C23H27NO4/c1-3-17(2)19-11-5-7-13-21(19)27-16-23(26)28-15-22(25)24-14-8-10-18-9-4-6-12-20(18)24/h4-7,9,11-13,17H,3,8,10,14-16H2,1-2H3. The molecule has 1 unspecified atom stereocenters. The van der Waals surface area contributed by atoms with Crippen molar-refractivity contribution in [2.45, 2.75) is 39.0 Å². The van der Waals surface area contributed by atoms with Crippen LogP contribution in [0, 0.1) is 0 Å². The quantitative estimate of drug-likeness (QED) is 0.678. The maximum atomic E-state index is 12.5. The Morgan fingerprint density at radius 2 is 1.82 bits per heavy atom. The molecular weight excluding hydrogens is 354 g/mol. The second-order valence-corrected chi connectivity index (χ2v) is 7.07. The number of para-hydroxylation sites is 2. The van der Waals surface area contributed by atoms with Crippen LogP contribution in [0.1, 0.15) is 43.7 Å². The molecule has 0 aromatic heterocycles. The number of hydrogen-bond acceptors (Lipinski definition) is 4. The minimum atomic E-state index is -0.544. The fourth-order valence-corrected chi connectivity index (χ4v) is 3.43. The Bertz CT molecular complexity index is 833. The van der Waals surface area contributed by atoms with Crippen LogP contribution in [0.15, 0.2) is 48.5 Å². The summed E-state index contributed by atoms with van der Waals surface area (Å²) in [6, 6.07) is 15.6. The fraction of sp³-hybridized carbons (Fsp3) is 0.391. The van der Waals surface area contributed by atoms with E-state index in [0.717, 1.165) is 36.1 Å². The van der Waals surface area contributed by atoms with Gasteiger partial charge in [0.15, 0.2) is 13.2 Å². The molecule has 148 valence electrons. The summed E-state index contributed by atoms with van der Waals surface area (Å²) in [5.41, 5.74) is 3.13. The molecule has 1 amide bonds. The van der Waals surface area contributed by atoms with E-state index in [9.17, 15) is 9.59 Å². The molecule has 0 radical (unpaired) electrons. The number of carbonyl (C=O) groups is 2. The highest BCUT2D eigenvalue weighted by Gasteiger charge is 2.23. The van der Waals surface area contributed by atoms with Gasteiger partial charge in [-0.1, -0.05) is 50.2 Å². The van der Waals surface area contributed by atoms with E-state index >= 15 is 0 Å². The minimum absolute atomic E-state index is 0.208. The smallest absolute Gasteiger partial charge is 0.344 e. The van der Waals surface area contributed by atoms with Crippen LogP contribution >= 0.6 is 0 Å². The van der Waals surface area contributed by atoms with E-state index in [1.165, 1.54) is 0 Å². The number of nitrogens with zero attached hydrogens (tertiary/aromatic N) is 1. The molecule has 0 aliphatic carbocycles. The molecular formula is C23H27NO4. The van der Waals surface area contributed by atoms with E-state index in [-0.39, 0.29) is 19.1 Å². The molecule has 0 spiro atoms. The predicted octanol–water partition coefficient (Wildman–Crippen LogP) is 4.10. The number of amides is 1.